The highest BCUT2D eigenvalue weighted by atomic mass is 35.5. The number of anilines is 2. The van der Waals surface area contributed by atoms with Crippen LogP contribution >= 0.6 is 11.6 Å². The van der Waals surface area contributed by atoms with Gasteiger partial charge in [0.15, 0.2) is 5.60 Å². The molecule has 2 N–H and O–H groups in total. The summed E-state index contributed by atoms with van der Waals surface area (Å²) in [5.74, 6) is -1.92. The van der Waals surface area contributed by atoms with Crippen LogP contribution in [-0.2, 0) is 15.2 Å². The highest BCUT2D eigenvalue weighted by Gasteiger charge is 2.51. The van der Waals surface area contributed by atoms with Gasteiger partial charge in [0.2, 0.25) is 5.91 Å². The summed E-state index contributed by atoms with van der Waals surface area (Å²) in [7, 11) is 0. The summed E-state index contributed by atoms with van der Waals surface area (Å²) >= 11 is 5.73. The molecule has 0 bridgehead atoms. The van der Waals surface area contributed by atoms with Crippen molar-refractivity contribution in [3.05, 3.63) is 94.3 Å². The molecule has 1 aliphatic rings. The Morgan fingerprint density at radius 1 is 1.13 bits per heavy atom. The molecule has 0 spiro atoms. The van der Waals surface area contributed by atoms with Crippen LogP contribution in [0.5, 0.6) is 0 Å². The summed E-state index contributed by atoms with van der Waals surface area (Å²) < 4.78 is 14.0. The molecule has 1 heterocycles. The molecule has 152 valence electrons. The molecule has 7 heteroatoms. The molecule has 30 heavy (non-hydrogen) atoms. The van der Waals surface area contributed by atoms with E-state index in [1.807, 2.05) is 19.1 Å². The summed E-state index contributed by atoms with van der Waals surface area (Å²) in [6.45, 7) is 1.52. The number of carbonyl (C=O) groups is 2. The van der Waals surface area contributed by atoms with E-state index >= 15 is 0 Å². The number of nitrogens with zero attached hydrogens (tertiary/aromatic N) is 1. The molecular formula is C23H18ClFN2O3. The first-order valence-corrected chi connectivity index (χ1v) is 9.64. The second-order valence-electron chi connectivity index (χ2n) is 7.16. The number of rotatable bonds is 4. The minimum atomic E-state index is -1.91. The number of hydrogen-bond donors (Lipinski definition) is 2. The number of aliphatic hydroxyl groups is 1. The Balaban J connectivity index is 1.65. The van der Waals surface area contributed by atoms with E-state index in [1.165, 1.54) is 17.0 Å². The SMILES string of the molecule is Cc1ccc([C@]2(O)C(=O)N(CC(=O)Nc3ccc(Cl)cc3F)c3ccccc32)cc1. The standard InChI is InChI=1S/C23H18ClFN2O3/c1-14-6-8-15(9-7-14)23(30)17-4-2-3-5-20(17)27(22(23)29)13-21(28)26-19-11-10-16(24)12-18(19)25/h2-12,30H,13H2,1H3,(H,26,28)/t23-/m1/s1. The summed E-state index contributed by atoms with van der Waals surface area (Å²) in [5.41, 5.74) is 0.273. The van der Waals surface area contributed by atoms with Gasteiger partial charge in [-0.15, -0.1) is 0 Å². The molecule has 0 aliphatic carbocycles. The van der Waals surface area contributed by atoms with Gasteiger partial charge in [-0.3, -0.25) is 14.5 Å². The topological polar surface area (TPSA) is 69.6 Å². The molecule has 1 atom stereocenters. The van der Waals surface area contributed by atoms with E-state index in [-0.39, 0.29) is 17.3 Å². The molecule has 1 aliphatic heterocycles. The summed E-state index contributed by atoms with van der Waals surface area (Å²) in [4.78, 5) is 27.0. The fourth-order valence-corrected chi connectivity index (χ4v) is 3.75. The fourth-order valence-electron chi connectivity index (χ4n) is 3.59. The highest BCUT2D eigenvalue weighted by molar-refractivity contribution is 6.30. The summed E-state index contributed by atoms with van der Waals surface area (Å²) in [6, 6.07) is 17.6. The van der Waals surface area contributed by atoms with Crippen LogP contribution in [0.4, 0.5) is 15.8 Å². The van der Waals surface area contributed by atoms with Gasteiger partial charge in [0, 0.05) is 10.6 Å². The third-order valence-electron chi connectivity index (χ3n) is 5.12. The Morgan fingerprint density at radius 2 is 1.83 bits per heavy atom. The molecular weight excluding hydrogens is 407 g/mol. The fraction of sp³-hybridized carbons (Fsp3) is 0.130. The Hall–Kier alpha value is -3.22. The predicted octanol–water partition coefficient (Wildman–Crippen LogP) is 4.01. The third kappa shape index (κ3) is 3.34. The minimum absolute atomic E-state index is 0.0434. The van der Waals surface area contributed by atoms with Crippen molar-refractivity contribution < 1.29 is 19.1 Å². The monoisotopic (exact) mass is 424 g/mol. The van der Waals surface area contributed by atoms with Gasteiger partial charge < -0.3 is 10.4 Å². The second kappa shape index (κ2) is 7.55. The highest BCUT2D eigenvalue weighted by Crippen LogP contribution is 2.44. The van der Waals surface area contributed by atoms with Crippen LogP contribution < -0.4 is 10.2 Å². The van der Waals surface area contributed by atoms with Crippen molar-refractivity contribution >= 4 is 34.8 Å². The van der Waals surface area contributed by atoms with Gasteiger partial charge >= 0.3 is 0 Å². The lowest BCUT2D eigenvalue weighted by atomic mass is 9.87. The molecule has 0 aromatic heterocycles. The second-order valence-corrected chi connectivity index (χ2v) is 7.59. The van der Waals surface area contributed by atoms with Gasteiger partial charge in [-0.1, -0.05) is 59.6 Å². The van der Waals surface area contributed by atoms with Crippen molar-refractivity contribution in [3.8, 4) is 0 Å². The number of halogens is 2. The third-order valence-corrected chi connectivity index (χ3v) is 5.35. The molecule has 0 saturated heterocycles. The van der Waals surface area contributed by atoms with Gasteiger partial charge in [-0.05, 0) is 36.8 Å². The summed E-state index contributed by atoms with van der Waals surface area (Å²) in [5, 5.41) is 14.1. The van der Waals surface area contributed by atoms with Crippen molar-refractivity contribution in [2.45, 2.75) is 12.5 Å². The Bertz CT molecular complexity index is 1150. The van der Waals surface area contributed by atoms with Gasteiger partial charge in [0.05, 0.1) is 11.4 Å². The number of aryl methyl sites for hydroxylation is 1. The van der Waals surface area contributed by atoms with Crippen LogP contribution in [0.1, 0.15) is 16.7 Å². The number of carbonyl (C=O) groups excluding carboxylic acids is 2. The average Bonchev–Trinajstić information content (AvgIpc) is 2.93. The van der Waals surface area contributed by atoms with Crippen LogP contribution in [0.2, 0.25) is 5.02 Å². The zero-order chi connectivity index (χ0) is 21.5. The lowest BCUT2D eigenvalue weighted by molar-refractivity contribution is -0.133. The molecule has 0 unspecified atom stereocenters. The molecule has 5 nitrogen and oxygen atoms in total. The van der Waals surface area contributed by atoms with E-state index in [0.717, 1.165) is 11.6 Å². The van der Waals surface area contributed by atoms with Crippen molar-refractivity contribution in [2.75, 3.05) is 16.8 Å². The maximum absolute atomic E-state index is 14.0. The van der Waals surface area contributed by atoms with Crippen molar-refractivity contribution in [2.24, 2.45) is 0 Å². The quantitative estimate of drug-likeness (QED) is 0.665. The van der Waals surface area contributed by atoms with Gasteiger partial charge in [-0.25, -0.2) is 4.39 Å². The van der Waals surface area contributed by atoms with Gasteiger partial charge in [0.1, 0.15) is 12.4 Å². The maximum atomic E-state index is 14.0. The number of hydrogen-bond acceptors (Lipinski definition) is 3. The first kappa shape index (κ1) is 20.1. The Kier molecular flexibility index (Phi) is 5.05. The van der Waals surface area contributed by atoms with Crippen molar-refractivity contribution in [3.63, 3.8) is 0 Å². The zero-order valence-electron chi connectivity index (χ0n) is 16.0. The molecule has 2 amide bonds. The van der Waals surface area contributed by atoms with E-state index in [2.05, 4.69) is 5.32 Å². The van der Waals surface area contributed by atoms with Crippen molar-refractivity contribution in [1.29, 1.82) is 0 Å². The van der Waals surface area contributed by atoms with Gasteiger partial charge in [-0.2, -0.15) is 0 Å². The summed E-state index contributed by atoms with van der Waals surface area (Å²) in [6.07, 6.45) is 0. The lowest BCUT2D eigenvalue weighted by Gasteiger charge is -2.23. The minimum Gasteiger partial charge on any atom is -0.372 e. The number of para-hydroxylation sites is 1. The first-order chi connectivity index (χ1) is 14.3. The van der Waals surface area contributed by atoms with E-state index in [0.29, 0.717) is 16.8 Å². The van der Waals surface area contributed by atoms with E-state index in [9.17, 15) is 19.1 Å². The smallest absolute Gasteiger partial charge is 0.268 e. The normalized spacial score (nSPS) is 17.7. The molecule has 4 rings (SSSR count). The largest absolute Gasteiger partial charge is 0.372 e. The molecule has 3 aromatic carbocycles. The Morgan fingerprint density at radius 3 is 2.53 bits per heavy atom. The van der Waals surface area contributed by atoms with Crippen LogP contribution in [0.25, 0.3) is 0 Å². The van der Waals surface area contributed by atoms with E-state index in [4.69, 9.17) is 11.6 Å². The molecule has 0 radical (unpaired) electrons. The number of benzene rings is 3. The maximum Gasteiger partial charge on any atom is 0.268 e. The molecule has 3 aromatic rings. The molecule has 0 saturated carbocycles. The van der Waals surface area contributed by atoms with Crippen LogP contribution in [-0.4, -0.2) is 23.5 Å². The Labute approximate surface area is 177 Å². The van der Waals surface area contributed by atoms with Crippen LogP contribution in [0.3, 0.4) is 0 Å². The van der Waals surface area contributed by atoms with Gasteiger partial charge in [0.25, 0.3) is 5.91 Å². The van der Waals surface area contributed by atoms with E-state index < -0.39 is 23.2 Å². The van der Waals surface area contributed by atoms with Crippen LogP contribution in [0, 0.1) is 12.7 Å². The molecule has 0 fully saturated rings. The number of fused-ring (bicyclic) bond motifs is 1. The zero-order valence-corrected chi connectivity index (χ0v) is 16.8. The average molecular weight is 425 g/mol. The van der Waals surface area contributed by atoms with E-state index in [1.54, 1.807) is 36.4 Å². The number of nitrogens with one attached hydrogen (secondary N) is 1. The predicted molar refractivity (Wildman–Crippen MR) is 113 cm³/mol. The van der Waals surface area contributed by atoms with Crippen LogP contribution in [0.15, 0.2) is 66.7 Å². The first-order valence-electron chi connectivity index (χ1n) is 9.26. The number of amides is 2. The van der Waals surface area contributed by atoms with Crippen molar-refractivity contribution in [1.82, 2.24) is 0 Å². The lowest BCUT2D eigenvalue weighted by Crippen LogP contribution is -2.44.